The highest BCUT2D eigenvalue weighted by molar-refractivity contribution is 7.19. The van der Waals surface area contributed by atoms with E-state index in [0.29, 0.717) is 29.6 Å². The molecular formula is C22H29N5O4S. The number of carbonyl (C=O) groups is 2. The molecule has 1 aromatic carbocycles. The monoisotopic (exact) mass is 459 g/mol. The van der Waals surface area contributed by atoms with Gasteiger partial charge in [-0.25, -0.2) is 0 Å². The Kier molecular flexibility index (Phi) is 7.09. The van der Waals surface area contributed by atoms with Crippen LogP contribution < -0.4 is 24.6 Å². The lowest BCUT2D eigenvalue weighted by molar-refractivity contribution is -0.125. The Hall–Kier alpha value is -2.88. The average Bonchev–Trinajstić information content (AvgIpc) is 3.32. The first kappa shape index (κ1) is 22.3. The molecule has 2 aliphatic rings. The molecule has 2 amide bonds. The van der Waals surface area contributed by atoms with Crippen LogP contribution >= 0.6 is 11.3 Å². The van der Waals surface area contributed by atoms with Crippen molar-refractivity contribution in [1.29, 1.82) is 0 Å². The molecule has 0 bridgehead atoms. The Morgan fingerprint density at radius 3 is 2.56 bits per heavy atom. The summed E-state index contributed by atoms with van der Waals surface area (Å²) >= 11 is 1.46. The van der Waals surface area contributed by atoms with Gasteiger partial charge in [0.2, 0.25) is 22.1 Å². The van der Waals surface area contributed by atoms with Crippen molar-refractivity contribution in [3.63, 3.8) is 0 Å². The van der Waals surface area contributed by atoms with E-state index in [0.717, 1.165) is 56.0 Å². The third kappa shape index (κ3) is 4.95. The lowest BCUT2D eigenvalue weighted by Gasteiger charge is -2.30. The molecule has 32 heavy (non-hydrogen) atoms. The van der Waals surface area contributed by atoms with Gasteiger partial charge >= 0.3 is 0 Å². The van der Waals surface area contributed by atoms with Crippen molar-refractivity contribution in [3.05, 3.63) is 23.8 Å². The summed E-state index contributed by atoms with van der Waals surface area (Å²) in [4.78, 5) is 28.7. The Balaban J connectivity index is 1.27. The smallest absolute Gasteiger partial charge is 0.228 e. The van der Waals surface area contributed by atoms with E-state index in [4.69, 9.17) is 9.47 Å². The van der Waals surface area contributed by atoms with Gasteiger partial charge in [0.25, 0.3) is 0 Å². The SMILES string of the molecule is COc1ccc(CNC(=O)C2CCN(c3nnc(N4CCCCC4=O)s3)CC2)cc1OC. The molecular weight excluding hydrogens is 430 g/mol. The zero-order valence-electron chi connectivity index (χ0n) is 18.5. The molecule has 0 radical (unpaired) electrons. The van der Waals surface area contributed by atoms with Gasteiger partial charge in [-0.3, -0.25) is 14.5 Å². The first-order chi connectivity index (χ1) is 15.6. The van der Waals surface area contributed by atoms with Crippen molar-refractivity contribution in [2.75, 3.05) is 43.7 Å². The maximum absolute atomic E-state index is 12.7. The number of methoxy groups -OCH3 is 2. The Morgan fingerprint density at radius 1 is 1.09 bits per heavy atom. The van der Waals surface area contributed by atoms with E-state index in [-0.39, 0.29) is 17.7 Å². The van der Waals surface area contributed by atoms with Crippen LogP contribution in [0.4, 0.5) is 10.3 Å². The van der Waals surface area contributed by atoms with E-state index in [1.54, 1.807) is 19.1 Å². The molecule has 0 saturated carbocycles. The zero-order chi connectivity index (χ0) is 22.5. The van der Waals surface area contributed by atoms with Gasteiger partial charge in [0.05, 0.1) is 14.2 Å². The van der Waals surface area contributed by atoms with E-state index >= 15 is 0 Å². The predicted molar refractivity (Wildman–Crippen MR) is 122 cm³/mol. The maximum atomic E-state index is 12.7. The van der Waals surface area contributed by atoms with Gasteiger partial charge in [0.15, 0.2) is 11.5 Å². The van der Waals surface area contributed by atoms with Crippen LogP contribution in [-0.2, 0) is 16.1 Å². The second-order valence-electron chi connectivity index (χ2n) is 8.04. The molecule has 2 fully saturated rings. The maximum Gasteiger partial charge on any atom is 0.228 e. The number of benzene rings is 1. The molecule has 0 aliphatic carbocycles. The molecule has 0 atom stereocenters. The lowest BCUT2D eigenvalue weighted by Crippen LogP contribution is -2.40. The van der Waals surface area contributed by atoms with Gasteiger partial charge in [-0.1, -0.05) is 17.4 Å². The molecule has 2 aromatic rings. The summed E-state index contributed by atoms with van der Waals surface area (Å²) in [6, 6.07) is 5.64. The van der Waals surface area contributed by atoms with Crippen molar-refractivity contribution in [2.24, 2.45) is 5.92 Å². The average molecular weight is 460 g/mol. The normalized spacial score (nSPS) is 17.4. The molecule has 1 N–H and O–H groups in total. The van der Waals surface area contributed by atoms with Crippen LogP contribution in [0.5, 0.6) is 11.5 Å². The lowest BCUT2D eigenvalue weighted by atomic mass is 9.96. The fourth-order valence-corrected chi connectivity index (χ4v) is 5.05. The summed E-state index contributed by atoms with van der Waals surface area (Å²) in [5, 5.41) is 13.1. The van der Waals surface area contributed by atoms with Crippen LogP contribution in [-0.4, -0.2) is 55.9 Å². The second kappa shape index (κ2) is 10.2. The Morgan fingerprint density at radius 2 is 1.84 bits per heavy atom. The summed E-state index contributed by atoms with van der Waals surface area (Å²) in [6.45, 7) is 2.66. The van der Waals surface area contributed by atoms with Crippen molar-refractivity contribution in [3.8, 4) is 11.5 Å². The number of nitrogens with zero attached hydrogens (tertiary/aromatic N) is 4. The summed E-state index contributed by atoms with van der Waals surface area (Å²) < 4.78 is 10.6. The molecule has 10 heteroatoms. The van der Waals surface area contributed by atoms with Gasteiger partial charge < -0.3 is 19.7 Å². The fraction of sp³-hybridized carbons (Fsp3) is 0.545. The zero-order valence-corrected chi connectivity index (χ0v) is 19.3. The van der Waals surface area contributed by atoms with Crippen LogP contribution in [0.2, 0.25) is 0 Å². The standard InChI is InChI=1S/C22H29N5O4S/c1-30-17-7-6-15(13-18(17)31-2)14-23-20(29)16-8-11-26(12-9-16)21-24-25-22(32-21)27-10-4-3-5-19(27)28/h6-7,13,16H,3-5,8-12,14H2,1-2H3,(H,23,29). The summed E-state index contributed by atoms with van der Waals surface area (Å²) in [5.41, 5.74) is 0.960. The largest absolute Gasteiger partial charge is 0.493 e. The number of aromatic nitrogens is 2. The Labute approximate surface area is 191 Å². The minimum Gasteiger partial charge on any atom is -0.493 e. The minimum absolute atomic E-state index is 0.0255. The number of nitrogens with one attached hydrogen (secondary N) is 1. The molecule has 0 spiro atoms. The topological polar surface area (TPSA) is 96.9 Å². The number of amides is 2. The second-order valence-corrected chi connectivity index (χ2v) is 8.97. The predicted octanol–water partition coefficient (Wildman–Crippen LogP) is 2.61. The number of hydrogen-bond acceptors (Lipinski definition) is 8. The van der Waals surface area contributed by atoms with Crippen molar-refractivity contribution < 1.29 is 19.1 Å². The number of hydrogen-bond donors (Lipinski definition) is 1. The van der Waals surface area contributed by atoms with Crippen LogP contribution in [0.1, 0.15) is 37.7 Å². The van der Waals surface area contributed by atoms with Gasteiger partial charge in [-0.15, -0.1) is 10.2 Å². The molecule has 9 nitrogen and oxygen atoms in total. The van der Waals surface area contributed by atoms with Crippen LogP contribution in [0.3, 0.4) is 0 Å². The number of ether oxygens (including phenoxy) is 2. The molecule has 3 heterocycles. The van der Waals surface area contributed by atoms with Gasteiger partial charge in [-0.2, -0.15) is 0 Å². The number of rotatable bonds is 7. The van der Waals surface area contributed by atoms with E-state index in [2.05, 4.69) is 20.4 Å². The third-order valence-corrected chi connectivity index (χ3v) is 7.02. The molecule has 2 aliphatic heterocycles. The summed E-state index contributed by atoms with van der Waals surface area (Å²) in [7, 11) is 3.20. The molecule has 0 unspecified atom stereocenters. The Bertz CT molecular complexity index is 958. The van der Waals surface area contributed by atoms with Crippen LogP contribution in [0.15, 0.2) is 18.2 Å². The molecule has 1 aromatic heterocycles. The summed E-state index contributed by atoms with van der Waals surface area (Å²) in [5.74, 6) is 1.48. The quantitative estimate of drug-likeness (QED) is 0.680. The van der Waals surface area contributed by atoms with Gasteiger partial charge in [0.1, 0.15) is 0 Å². The molecule has 172 valence electrons. The highest BCUT2D eigenvalue weighted by atomic mass is 32.1. The van der Waals surface area contributed by atoms with E-state index in [1.165, 1.54) is 11.3 Å². The van der Waals surface area contributed by atoms with Crippen molar-refractivity contribution >= 4 is 33.4 Å². The fourth-order valence-electron chi connectivity index (χ4n) is 4.11. The number of anilines is 2. The van der Waals surface area contributed by atoms with Crippen LogP contribution in [0, 0.1) is 5.92 Å². The van der Waals surface area contributed by atoms with Gasteiger partial charge in [0, 0.05) is 38.5 Å². The number of carbonyl (C=O) groups excluding carboxylic acids is 2. The highest BCUT2D eigenvalue weighted by Crippen LogP contribution is 2.32. The van der Waals surface area contributed by atoms with Crippen molar-refractivity contribution in [1.82, 2.24) is 15.5 Å². The van der Waals surface area contributed by atoms with E-state index in [9.17, 15) is 9.59 Å². The van der Waals surface area contributed by atoms with Crippen molar-refractivity contribution in [2.45, 2.75) is 38.6 Å². The van der Waals surface area contributed by atoms with Gasteiger partial charge in [-0.05, 0) is 43.4 Å². The van der Waals surface area contributed by atoms with E-state index in [1.807, 2.05) is 18.2 Å². The first-order valence-electron chi connectivity index (χ1n) is 11.0. The van der Waals surface area contributed by atoms with E-state index < -0.39 is 0 Å². The highest BCUT2D eigenvalue weighted by Gasteiger charge is 2.28. The third-order valence-electron chi connectivity index (χ3n) is 6.01. The first-order valence-corrected chi connectivity index (χ1v) is 11.8. The molecule has 4 rings (SSSR count). The number of piperidine rings is 2. The minimum atomic E-state index is -0.0255. The molecule has 2 saturated heterocycles. The van der Waals surface area contributed by atoms with Crippen LogP contribution in [0.25, 0.3) is 0 Å². The summed E-state index contributed by atoms with van der Waals surface area (Å²) in [6.07, 6.45) is 4.05.